The number of hydrogen-bond acceptors (Lipinski definition) is 0. The third-order valence-electron chi connectivity index (χ3n) is 2.73. The van der Waals surface area contributed by atoms with Crippen LogP contribution in [0.3, 0.4) is 0 Å². The third-order valence-corrected chi connectivity index (χ3v) is 3.06. The van der Waals surface area contributed by atoms with Crippen molar-refractivity contribution in [2.75, 3.05) is 0 Å². The second-order valence-corrected chi connectivity index (χ2v) is 4.36. The summed E-state index contributed by atoms with van der Waals surface area (Å²) in [7, 11) is 0. The maximum absolute atomic E-state index is 6.30. The van der Waals surface area contributed by atoms with Crippen LogP contribution in [0.1, 0.15) is 23.6 Å². The van der Waals surface area contributed by atoms with Gasteiger partial charge in [0.05, 0.1) is 0 Å². The molecule has 0 spiro atoms. The zero-order valence-electron chi connectivity index (χ0n) is 9.86. The van der Waals surface area contributed by atoms with Crippen molar-refractivity contribution in [3.63, 3.8) is 0 Å². The van der Waals surface area contributed by atoms with E-state index in [1.54, 1.807) is 0 Å². The fourth-order valence-corrected chi connectivity index (χ4v) is 1.93. The Hall–Kier alpha value is -1.53. The highest BCUT2D eigenvalue weighted by molar-refractivity contribution is 6.51. The molecule has 0 unspecified atom stereocenters. The molecule has 0 fully saturated rings. The van der Waals surface area contributed by atoms with Crippen LogP contribution in [0, 0.1) is 0 Å². The van der Waals surface area contributed by atoms with Crippen molar-refractivity contribution in [1.29, 1.82) is 0 Å². The SMILES string of the molecule is CCc1ccc(/C(Cl)=C/c2ccccc2)cc1. The second-order valence-electron chi connectivity index (χ2n) is 3.95. The average Bonchev–Trinajstić information content (AvgIpc) is 2.40. The van der Waals surface area contributed by atoms with Crippen molar-refractivity contribution < 1.29 is 0 Å². The molecular weight excluding hydrogens is 228 g/mol. The molecule has 0 aliphatic carbocycles. The van der Waals surface area contributed by atoms with Crippen molar-refractivity contribution in [2.45, 2.75) is 13.3 Å². The fourth-order valence-electron chi connectivity index (χ4n) is 1.68. The first-order valence-corrected chi connectivity index (χ1v) is 6.19. The standard InChI is InChI=1S/C16H15Cl/c1-2-13-8-10-15(11-9-13)16(17)12-14-6-4-3-5-7-14/h3-12H,2H2,1H3/b16-12-. The molecule has 0 atom stereocenters. The summed E-state index contributed by atoms with van der Waals surface area (Å²) in [6, 6.07) is 18.5. The summed E-state index contributed by atoms with van der Waals surface area (Å²) < 4.78 is 0. The topological polar surface area (TPSA) is 0 Å². The summed E-state index contributed by atoms with van der Waals surface area (Å²) in [6.07, 6.45) is 3.04. The minimum Gasteiger partial charge on any atom is -0.0837 e. The van der Waals surface area contributed by atoms with E-state index in [4.69, 9.17) is 11.6 Å². The van der Waals surface area contributed by atoms with Gasteiger partial charge in [-0.25, -0.2) is 0 Å². The number of halogens is 1. The van der Waals surface area contributed by atoms with E-state index in [1.807, 2.05) is 36.4 Å². The van der Waals surface area contributed by atoms with Crippen molar-refractivity contribution >= 4 is 22.7 Å². The minimum atomic E-state index is 0.777. The lowest BCUT2D eigenvalue weighted by Gasteiger charge is -2.02. The summed E-state index contributed by atoms with van der Waals surface area (Å²) in [4.78, 5) is 0. The van der Waals surface area contributed by atoms with Crippen molar-refractivity contribution in [2.24, 2.45) is 0 Å². The highest BCUT2D eigenvalue weighted by Crippen LogP contribution is 2.22. The molecule has 0 amide bonds. The molecule has 2 aromatic carbocycles. The van der Waals surface area contributed by atoms with Crippen molar-refractivity contribution in [3.05, 3.63) is 71.3 Å². The second kappa shape index (κ2) is 5.70. The van der Waals surface area contributed by atoms with Gasteiger partial charge < -0.3 is 0 Å². The Morgan fingerprint density at radius 3 is 2.24 bits per heavy atom. The molecule has 0 heterocycles. The smallest absolute Gasteiger partial charge is 0.0484 e. The van der Waals surface area contributed by atoms with E-state index in [2.05, 4.69) is 31.2 Å². The zero-order chi connectivity index (χ0) is 12.1. The number of hydrogen-bond donors (Lipinski definition) is 0. The molecule has 2 aromatic rings. The Kier molecular flexibility index (Phi) is 4.00. The fraction of sp³-hybridized carbons (Fsp3) is 0.125. The van der Waals surface area contributed by atoms with Crippen LogP contribution in [0.4, 0.5) is 0 Å². The molecule has 0 aliphatic heterocycles. The van der Waals surface area contributed by atoms with E-state index in [0.29, 0.717) is 0 Å². The van der Waals surface area contributed by atoms with Gasteiger partial charge in [0.1, 0.15) is 0 Å². The van der Waals surface area contributed by atoms with Gasteiger partial charge in [-0.3, -0.25) is 0 Å². The molecule has 0 nitrogen and oxygen atoms in total. The Bertz CT molecular complexity index is 495. The maximum Gasteiger partial charge on any atom is 0.0484 e. The monoisotopic (exact) mass is 242 g/mol. The molecular formula is C16H15Cl. The molecule has 1 heteroatoms. The highest BCUT2D eigenvalue weighted by Gasteiger charge is 1.98. The molecule has 0 bridgehead atoms. The van der Waals surface area contributed by atoms with Crippen molar-refractivity contribution in [3.8, 4) is 0 Å². The largest absolute Gasteiger partial charge is 0.0837 e. The van der Waals surface area contributed by atoms with E-state index in [1.165, 1.54) is 5.56 Å². The van der Waals surface area contributed by atoms with Gasteiger partial charge in [0.15, 0.2) is 0 Å². The van der Waals surface area contributed by atoms with Crippen LogP contribution in [0.5, 0.6) is 0 Å². The first kappa shape index (κ1) is 11.9. The van der Waals surface area contributed by atoms with Crippen LogP contribution in [0.15, 0.2) is 54.6 Å². The van der Waals surface area contributed by atoms with Gasteiger partial charge in [-0.1, -0.05) is 73.1 Å². The van der Waals surface area contributed by atoms with Gasteiger partial charge in [0, 0.05) is 5.03 Å². The summed E-state index contributed by atoms with van der Waals surface area (Å²) in [6.45, 7) is 2.15. The Morgan fingerprint density at radius 2 is 1.65 bits per heavy atom. The number of aryl methyl sites for hydroxylation is 1. The molecule has 0 aliphatic rings. The zero-order valence-corrected chi connectivity index (χ0v) is 10.6. The summed E-state index contributed by atoms with van der Waals surface area (Å²) in [5.74, 6) is 0. The third kappa shape index (κ3) is 3.21. The molecule has 2 rings (SSSR count). The quantitative estimate of drug-likeness (QED) is 0.666. The predicted octanol–water partition coefficient (Wildman–Crippen LogP) is 4.99. The van der Waals surface area contributed by atoms with Gasteiger partial charge in [0.2, 0.25) is 0 Å². The molecule has 0 saturated heterocycles. The lowest BCUT2D eigenvalue weighted by Crippen LogP contribution is -1.82. The number of benzene rings is 2. The predicted molar refractivity (Wildman–Crippen MR) is 76.0 cm³/mol. The first-order chi connectivity index (χ1) is 8.29. The molecule has 0 aromatic heterocycles. The van der Waals surface area contributed by atoms with Gasteiger partial charge in [0.25, 0.3) is 0 Å². The highest BCUT2D eigenvalue weighted by atomic mass is 35.5. The maximum atomic E-state index is 6.30. The van der Waals surface area contributed by atoms with E-state index in [-0.39, 0.29) is 0 Å². The van der Waals surface area contributed by atoms with E-state index in [9.17, 15) is 0 Å². The van der Waals surface area contributed by atoms with Crippen LogP contribution in [-0.2, 0) is 6.42 Å². The normalized spacial score (nSPS) is 11.5. The molecule has 0 N–H and O–H groups in total. The number of rotatable bonds is 3. The summed E-state index contributed by atoms with van der Waals surface area (Å²) in [5, 5.41) is 0.777. The summed E-state index contributed by atoms with van der Waals surface area (Å²) in [5.41, 5.74) is 3.52. The van der Waals surface area contributed by atoms with Crippen LogP contribution in [-0.4, -0.2) is 0 Å². The van der Waals surface area contributed by atoms with E-state index < -0.39 is 0 Å². The van der Waals surface area contributed by atoms with Crippen LogP contribution in [0.2, 0.25) is 0 Å². The van der Waals surface area contributed by atoms with Gasteiger partial charge in [-0.15, -0.1) is 0 Å². The lowest BCUT2D eigenvalue weighted by atomic mass is 10.1. The molecule has 86 valence electrons. The van der Waals surface area contributed by atoms with Crippen molar-refractivity contribution in [1.82, 2.24) is 0 Å². The van der Waals surface area contributed by atoms with E-state index >= 15 is 0 Å². The van der Waals surface area contributed by atoms with Crippen LogP contribution in [0.25, 0.3) is 11.1 Å². The van der Waals surface area contributed by atoms with E-state index in [0.717, 1.165) is 22.6 Å². The molecule has 17 heavy (non-hydrogen) atoms. The summed E-state index contributed by atoms with van der Waals surface area (Å²) >= 11 is 6.30. The van der Waals surface area contributed by atoms with Crippen LogP contribution < -0.4 is 0 Å². The van der Waals surface area contributed by atoms with Crippen LogP contribution >= 0.6 is 11.6 Å². The first-order valence-electron chi connectivity index (χ1n) is 5.81. The van der Waals surface area contributed by atoms with Gasteiger partial charge >= 0.3 is 0 Å². The average molecular weight is 243 g/mol. The Morgan fingerprint density at radius 1 is 1.00 bits per heavy atom. The Balaban J connectivity index is 2.24. The lowest BCUT2D eigenvalue weighted by molar-refractivity contribution is 1.14. The van der Waals surface area contributed by atoms with Gasteiger partial charge in [-0.2, -0.15) is 0 Å². The minimum absolute atomic E-state index is 0.777. The Labute approximate surface area is 108 Å². The molecule has 0 saturated carbocycles. The van der Waals surface area contributed by atoms with Gasteiger partial charge in [-0.05, 0) is 29.2 Å². The molecule has 0 radical (unpaired) electrons.